The van der Waals surface area contributed by atoms with Gasteiger partial charge in [-0.2, -0.15) is 0 Å². The van der Waals surface area contributed by atoms with E-state index in [2.05, 4.69) is 211 Å². The van der Waals surface area contributed by atoms with Crippen molar-refractivity contribution in [3.63, 3.8) is 0 Å². The van der Waals surface area contributed by atoms with Gasteiger partial charge in [-0.1, -0.05) is 146 Å². The number of benzene rings is 10. The first-order chi connectivity index (χ1) is 33.2. The second-order valence-electron chi connectivity index (χ2n) is 17.9. The van der Waals surface area contributed by atoms with Crippen LogP contribution in [0.1, 0.15) is 29.0 Å². The summed E-state index contributed by atoms with van der Waals surface area (Å²) in [6.07, 6.45) is 1.82. The molecule has 0 bridgehead atoms. The number of nitrogens with zero attached hydrogens (tertiary/aromatic N) is 4. The molecule has 0 spiro atoms. The summed E-state index contributed by atoms with van der Waals surface area (Å²) in [5, 5.41) is 9.23. The Bertz CT molecular complexity index is 4130. The molecule has 67 heavy (non-hydrogen) atoms. The lowest BCUT2D eigenvalue weighted by molar-refractivity contribution is 0.665. The number of hydrogen-bond acceptors (Lipinski definition) is 4. The number of aryl methyl sites for hydroxylation is 1. The van der Waals surface area contributed by atoms with Crippen molar-refractivity contribution in [3.05, 3.63) is 229 Å². The summed E-state index contributed by atoms with van der Waals surface area (Å²) in [7, 11) is 0. The summed E-state index contributed by atoms with van der Waals surface area (Å²) in [5.41, 5.74) is 14.3. The van der Waals surface area contributed by atoms with Gasteiger partial charge in [-0.25, -0.2) is 15.0 Å². The van der Waals surface area contributed by atoms with E-state index < -0.39 is 0 Å². The molecule has 1 aliphatic rings. The lowest BCUT2D eigenvalue weighted by Gasteiger charge is -2.22. The maximum absolute atomic E-state index is 6.69. The van der Waals surface area contributed by atoms with Gasteiger partial charge in [0.05, 0.1) is 11.0 Å². The maximum Gasteiger partial charge on any atom is 0.164 e. The predicted molar refractivity (Wildman–Crippen MR) is 275 cm³/mol. The van der Waals surface area contributed by atoms with Crippen molar-refractivity contribution in [2.45, 2.75) is 18.8 Å². The Kier molecular flexibility index (Phi) is 8.40. The molecule has 1 atom stereocenters. The van der Waals surface area contributed by atoms with Crippen LogP contribution >= 0.6 is 0 Å². The molecule has 0 aliphatic heterocycles. The fourth-order valence-corrected chi connectivity index (χ4v) is 10.9. The van der Waals surface area contributed by atoms with Gasteiger partial charge < -0.3 is 8.98 Å². The molecule has 0 amide bonds. The van der Waals surface area contributed by atoms with Gasteiger partial charge in [0.1, 0.15) is 11.2 Å². The molecule has 1 unspecified atom stereocenters. The third-order valence-corrected chi connectivity index (χ3v) is 14.1. The van der Waals surface area contributed by atoms with Crippen molar-refractivity contribution in [1.29, 1.82) is 0 Å². The van der Waals surface area contributed by atoms with Crippen LogP contribution in [-0.4, -0.2) is 19.5 Å². The van der Waals surface area contributed by atoms with E-state index >= 15 is 0 Å². The molecule has 0 fully saturated rings. The normalized spacial score (nSPS) is 13.7. The van der Waals surface area contributed by atoms with Crippen LogP contribution in [0.5, 0.6) is 0 Å². The zero-order valence-corrected chi connectivity index (χ0v) is 36.4. The van der Waals surface area contributed by atoms with Gasteiger partial charge in [-0.3, -0.25) is 0 Å². The number of aromatic nitrogens is 4. The third-order valence-electron chi connectivity index (χ3n) is 14.1. The quantitative estimate of drug-likeness (QED) is 0.173. The van der Waals surface area contributed by atoms with Crippen LogP contribution in [0.4, 0.5) is 0 Å². The zero-order chi connectivity index (χ0) is 44.0. The number of fused-ring (bicyclic) bond motifs is 11. The van der Waals surface area contributed by atoms with Crippen LogP contribution in [0, 0.1) is 0 Å². The minimum atomic E-state index is 0.0177. The molecule has 5 nitrogen and oxygen atoms in total. The number of hydrogen-bond donors (Lipinski definition) is 0. The van der Waals surface area contributed by atoms with E-state index in [1.807, 2.05) is 6.07 Å². The first-order valence-electron chi connectivity index (χ1n) is 23.1. The highest BCUT2D eigenvalue weighted by molar-refractivity contribution is 6.11. The summed E-state index contributed by atoms with van der Waals surface area (Å²) in [4.78, 5) is 16.4. The van der Waals surface area contributed by atoms with Gasteiger partial charge in [0, 0.05) is 49.8 Å². The average Bonchev–Trinajstić information content (AvgIpc) is 3.87. The van der Waals surface area contributed by atoms with Crippen molar-refractivity contribution in [2.24, 2.45) is 0 Å². The first kappa shape index (κ1) is 37.7. The van der Waals surface area contributed by atoms with Crippen LogP contribution in [-0.2, 0) is 6.42 Å². The average molecular weight is 857 g/mol. The Morgan fingerprint density at radius 1 is 0.388 bits per heavy atom. The van der Waals surface area contributed by atoms with Gasteiger partial charge in [0.25, 0.3) is 0 Å². The van der Waals surface area contributed by atoms with Gasteiger partial charge >= 0.3 is 0 Å². The van der Waals surface area contributed by atoms with Crippen LogP contribution in [0.15, 0.2) is 217 Å². The Balaban J connectivity index is 1.02. The third kappa shape index (κ3) is 6.12. The molecule has 0 saturated heterocycles. The Morgan fingerprint density at radius 3 is 1.88 bits per heavy atom. The number of para-hydroxylation sites is 3. The second-order valence-corrected chi connectivity index (χ2v) is 17.9. The number of rotatable bonds is 5. The molecule has 13 aromatic rings. The highest BCUT2D eigenvalue weighted by Crippen LogP contribution is 2.47. The fraction of sp³-hybridized carbons (Fsp3) is 0.0484. The minimum absolute atomic E-state index is 0.0177. The summed E-state index contributed by atoms with van der Waals surface area (Å²) in [5.74, 6) is 1.90. The summed E-state index contributed by atoms with van der Waals surface area (Å²) in [6, 6.07) is 76.2. The predicted octanol–water partition coefficient (Wildman–Crippen LogP) is 15.9. The highest BCUT2D eigenvalue weighted by Gasteiger charge is 2.29. The standard InChI is InChI=1S/C62H40N4O/c1-2-18-45(19-3-1)66-56-24-12-10-22-49(56)53-35-44(29-31-57(53)66)61-63-60(43-27-26-38-14-4-5-15-39(38)33-43)64-62(65-61)55-36-54-50-23-11-13-25-58(50)67-59(54)37-52(55)48-30-28-42-32-40-16-6-7-17-41(40)34-51(42)47-21-9-8-20-46(47)48/h1-27,29,31-37,48H,28,30H2. The molecular formula is C62H40N4O. The summed E-state index contributed by atoms with van der Waals surface area (Å²) >= 11 is 0. The van der Waals surface area contributed by atoms with Crippen LogP contribution in [0.25, 0.3) is 116 Å². The SMILES string of the molecule is c1ccc(-n2c3ccccc3c3cc(-c4nc(-c5ccc6ccccc6c5)nc(-c5cc6c(cc5C5CCc7cc8ccccc8cc7-c7ccccc75)oc5ccccc56)n4)ccc32)cc1. The molecule has 14 rings (SSSR count). The molecule has 5 heteroatoms. The molecule has 3 aromatic heterocycles. The fourth-order valence-electron chi connectivity index (χ4n) is 10.9. The lowest BCUT2D eigenvalue weighted by atomic mass is 9.82. The summed E-state index contributed by atoms with van der Waals surface area (Å²) in [6.45, 7) is 0. The van der Waals surface area contributed by atoms with E-state index in [0.29, 0.717) is 17.5 Å². The van der Waals surface area contributed by atoms with Gasteiger partial charge in [0.2, 0.25) is 0 Å². The molecule has 314 valence electrons. The van der Waals surface area contributed by atoms with E-state index in [4.69, 9.17) is 19.4 Å². The van der Waals surface area contributed by atoms with Crippen LogP contribution in [0.3, 0.4) is 0 Å². The monoisotopic (exact) mass is 856 g/mol. The van der Waals surface area contributed by atoms with Crippen molar-refractivity contribution >= 4 is 65.3 Å². The first-order valence-corrected chi connectivity index (χ1v) is 23.1. The zero-order valence-electron chi connectivity index (χ0n) is 36.4. The lowest BCUT2D eigenvalue weighted by Crippen LogP contribution is -2.07. The van der Waals surface area contributed by atoms with Gasteiger partial charge in [-0.05, 0) is 129 Å². The largest absolute Gasteiger partial charge is 0.456 e. The molecule has 10 aromatic carbocycles. The maximum atomic E-state index is 6.69. The smallest absolute Gasteiger partial charge is 0.164 e. The molecule has 0 saturated carbocycles. The Morgan fingerprint density at radius 2 is 1.03 bits per heavy atom. The molecule has 0 radical (unpaired) electrons. The minimum Gasteiger partial charge on any atom is -0.456 e. The highest BCUT2D eigenvalue weighted by atomic mass is 16.3. The van der Waals surface area contributed by atoms with Crippen molar-refractivity contribution < 1.29 is 4.42 Å². The molecule has 3 heterocycles. The number of furan rings is 1. The Labute approximate surface area is 386 Å². The van der Waals surface area contributed by atoms with Crippen molar-refractivity contribution in [1.82, 2.24) is 19.5 Å². The molecular weight excluding hydrogens is 817 g/mol. The van der Waals surface area contributed by atoms with E-state index in [9.17, 15) is 0 Å². The second kappa shape index (κ2) is 14.9. The van der Waals surface area contributed by atoms with E-state index in [-0.39, 0.29) is 5.92 Å². The topological polar surface area (TPSA) is 56.7 Å². The molecule has 0 N–H and O–H groups in total. The van der Waals surface area contributed by atoms with E-state index in [0.717, 1.165) is 84.5 Å². The van der Waals surface area contributed by atoms with Gasteiger partial charge in [-0.15, -0.1) is 0 Å². The molecule has 1 aliphatic carbocycles. The van der Waals surface area contributed by atoms with Crippen LogP contribution < -0.4 is 0 Å². The van der Waals surface area contributed by atoms with E-state index in [1.54, 1.807) is 0 Å². The Hall–Kier alpha value is -8.67. The summed E-state index contributed by atoms with van der Waals surface area (Å²) < 4.78 is 9.03. The van der Waals surface area contributed by atoms with Crippen molar-refractivity contribution in [2.75, 3.05) is 0 Å². The van der Waals surface area contributed by atoms with E-state index in [1.165, 1.54) is 43.8 Å². The van der Waals surface area contributed by atoms with Crippen molar-refractivity contribution in [3.8, 4) is 51.0 Å². The van der Waals surface area contributed by atoms with Gasteiger partial charge in [0.15, 0.2) is 17.5 Å². The van der Waals surface area contributed by atoms with Crippen LogP contribution in [0.2, 0.25) is 0 Å².